The number of nitrogens with zero attached hydrogens (tertiary/aromatic N) is 2. The van der Waals surface area contributed by atoms with E-state index in [0.717, 1.165) is 32.0 Å². The highest BCUT2D eigenvalue weighted by molar-refractivity contribution is 5.99. The number of carboxylic acids is 1. The van der Waals surface area contributed by atoms with Crippen molar-refractivity contribution in [2.45, 2.75) is 45.2 Å². The van der Waals surface area contributed by atoms with Crippen LogP contribution in [-0.2, 0) is 0 Å². The molecule has 2 heterocycles. The Kier molecular flexibility index (Phi) is 5.17. The minimum Gasteiger partial charge on any atom is -0.477 e. The van der Waals surface area contributed by atoms with Gasteiger partial charge in [-0.25, -0.2) is 13.6 Å². The van der Waals surface area contributed by atoms with Gasteiger partial charge in [0.15, 0.2) is 11.6 Å². The summed E-state index contributed by atoms with van der Waals surface area (Å²) in [5, 5.41) is 12.3. The van der Waals surface area contributed by atoms with Crippen LogP contribution in [0.4, 0.5) is 20.2 Å². The first-order valence-electron chi connectivity index (χ1n) is 10.3. The van der Waals surface area contributed by atoms with Gasteiger partial charge in [-0.05, 0) is 38.6 Å². The maximum absolute atomic E-state index is 15.7. The third-order valence-corrected chi connectivity index (χ3v) is 6.31. The number of pyridine rings is 1. The number of halogens is 2. The third kappa shape index (κ3) is 3.21. The highest BCUT2D eigenvalue weighted by atomic mass is 19.1. The van der Waals surface area contributed by atoms with Crippen molar-refractivity contribution in [1.29, 1.82) is 0 Å². The van der Waals surface area contributed by atoms with Crippen LogP contribution < -0.4 is 21.4 Å². The largest absolute Gasteiger partial charge is 0.477 e. The zero-order valence-corrected chi connectivity index (χ0v) is 17.0. The molecule has 0 amide bonds. The van der Waals surface area contributed by atoms with E-state index in [2.05, 4.69) is 12.2 Å². The molecular weight excluding hydrogens is 394 g/mol. The number of nitrogens with one attached hydrogen (secondary N) is 1. The highest BCUT2D eigenvalue weighted by Gasteiger charge is 2.35. The minimum absolute atomic E-state index is 0.107. The first-order chi connectivity index (χ1) is 14.3. The van der Waals surface area contributed by atoms with E-state index in [9.17, 15) is 14.7 Å². The quantitative estimate of drug-likeness (QED) is 0.622. The standard InChI is InChI=1S/C21H26F2N4O3/c1-3-25-10(2)11-6-7-26(8-11)19-15(22)17(24)14-18(16(19)23)27(12-4-5-12)9-13(20(14)28)21(29)30/h9-12,25H,3-8,24H2,1-2H3,(H,29,30)/t10-,11?/m0/s1. The van der Waals surface area contributed by atoms with E-state index in [0.29, 0.717) is 13.1 Å². The number of carbonyl (C=O) groups is 1. The minimum atomic E-state index is -1.44. The number of aromatic carboxylic acids is 1. The fourth-order valence-electron chi connectivity index (χ4n) is 4.51. The number of fused-ring (bicyclic) bond motifs is 1. The van der Waals surface area contributed by atoms with Crippen molar-refractivity contribution in [2.75, 3.05) is 30.3 Å². The number of aromatic nitrogens is 1. The Balaban J connectivity index is 1.89. The zero-order chi connectivity index (χ0) is 21.7. The Morgan fingerprint density at radius 3 is 2.63 bits per heavy atom. The number of hydrogen-bond donors (Lipinski definition) is 3. The molecule has 2 atom stereocenters. The van der Waals surface area contributed by atoms with Crippen LogP contribution in [0.2, 0.25) is 0 Å². The van der Waals surface area contributed by atoms with Crippen molar-refractivity contribution in [3.63, 3.8) is 0 Å². The van der Waals surface area contributed by atoms with Gasteiger partial charge in [-0.3, -0.25) is 4.79 Å². The summed E-state index contributed by atoms with van der Waals surface area (Å²) in [6.45, 7) is 5.81. The summed E-state index contributed by atoms with van der Waals surface area (Å²) < 4.78 is 32.5. The van der Waals surface area contributed by atoms with Gasteiger partial charge in [0.2, 0.25) is 5.43 Å². The van der Waals surface area contributed by atoms with Gasteiger partial charge >= 0.3 is 5.97 Å². The molecule has 7 nitrogen and oxygen atoms in total. The fraction of sp³-hybridized carbons (Fsp3) is 0.524. The summed E-state index contributed by atoms with van der Waals surface area (Å²) >= 11 is 0. The summed E-state index contributed by atoms with van der Waals surface area (Å²) in [7, 11) is 0. The second-order valence-corrected chi connectivity index (χ2v) is 8.27. The van der Waals surface area contributed by atoms with Crippen molar-refractivity contribution in [2.24, 2.45) is 5.92 Å². The molecular formula is C21H26F2N4O3. The van der Waals surface area contributed by atoms with Crippen molar-refractivity contribution < 1.29 is 18.7 Å². The summed E-state index contributed by atoms with van der Waals surface area (Å²) in [5.41, 5.74) is 3.64. The molecule has 0 radical (unpaired) electrons. The van der Waals surface area contributed by atoms with Crippen molar-refractivity contribution in [3.05, 3.63) is 33.6 Å². The van der Waals surface area contributed by atoms with Crippen LogP contribution in [0.5, 0.6) is 0 Å². The van der Waals surface area contributed by atoms with Crippen LogP contribution in [-0.4, -0.2) is 41.3 Å². The maximum Gasteiger partial charge on any atom is 0.341 e. The molecule has 1 aromatic carbocycles. The van der Waals surface area contributed by atoms with E-state index < -0.39 is 39.7 Å². The van der Waals surface area contributed by atoms with Crippen LogP contribution >= 0.6 is 0 Å². The molecule has 2 fully saturated rings. The normalized spacial score (nSPS) is 20.1. The molecule has 4 rings (SSSR count). The topological polar surface area (TPSA) is 101 Å². The van der Waals surface area contributed by atoms with Gasteiger partial charge in [-0.15, -0.1) is 0 Å². The van der Waals surface area contributed by atoms with Gasteiger partial charge in [0.25, 0.3) is 0 Å². The van der Waals surface area contributed by atoms with Crippen LogP contribution in [0.3, 0.4) is 0 Å². The predicted molar refractivity (Wildman–Crippen MR) is 111 cm³/mol. The molecule has 162 valence electrons. The van der Waals surface area contributed by atoms with E-state index in [1.807, 2.05) is 6.92 Å². The lowest BCUT2D eigenvalue weighted by Crippen LogP contribution is -2.35. The van der Waals surface area contributed by atoms with Gasteiger partial charge in [0, 0.05) is 31.4 Å². The number of nitrogens with two attached hydrogens (primary N) is 1. The molecule has 1 saturated heterocycles. The zero-order valence-electron chi connectivity index (χ0n) is 17.0. The van der Waals surface area contributed by atoms with E-state index in [-0.39, 0.29) is 29.2 Å². The lowest BCUT2D eigenvalue weighted by atomic mass is 10.0. The second-order valence-electron chi connectivity index (χ2n) is 8.27. The average Bonchev–Trinajstić information content (AvgIpc) is 3.43. The third-order valence-electron chi connectivity index (χ3n) is 6.31. The summed E-state index contributed by atoms with van der Waals surface area (Å²) in [4.78, 5) is 25.9. The van der Waals surface area contributed by atoms with E-state index in [1.54, 1.807) is 4.90 Å². The molecule has 1 saturated carbocycles. The predicted octanol–water partition coefficient (Wildman–Crippen LogP) is 2.72. The molecule has 4 N–H and O–H groups in total. The number of carboxylic acid groups (broad SMARTS) is 1. The van der Waals surface area contributed by atoms with Crippen molar-refractivity contribution in [1.82, 2.24) is 9.88 Å². The SMILES string of the molecule is CCN[C@@H](C)C1CCN(c2c(F)c(N)c3c(=O)c(C(=O)O)cn(C4CC4)c3c2F)C1. The molecule has 1 aliphatic heterocycles. The first kappa shape index (κ1) is 20.6. The van der Waals surface area contributed by atoms with Crippen LogP contribution in [0.25, 0.3) is 10.9 Å². The number of rotatable bonds is 6. The molecule has 1 aliphatic carbocycles. The summed E-state index contributed by atoms with van der Waals surface area (Å²) in [6, 6.07) is 0.0743. The fourth-order valence-corrected chi connectivity index (χ4v) is 4.51. The summed E-state index contributed by atoms with van der Waals surface area (Å²) in [5.74, 6) is -3.07. The lowest BCUT2D eigenvalue weighted by molar-refractivity contribution is 0.0695. The van der Waals surface area contributed by atoms with Gasteiger partial charge in [-0.2, -0.15) is 0 Å². The number of nitrogen functional groups attached to an aromatic ring is 1. The summed E-state index contributed by atoms with van der Waals surface area (Å²) in [6.07, 6.45) is 3.40. The van der Waals surface area contributed by atoms with Crippen LogP contribution in [0.1, 0.15) is 49.5 Å². The lowest BCUT2D eigenvalue weighted by Gasteiger charge is -2.25. The Morgan fingerprint density at radius 2 is 2.03 bits per heavy atom. The number of anilines is 2. The molecule has 0 spiro atoms. The maximum atomic E-state index is 15.7. The molecule has 1 aromatic heterocycles. The van der Waals surface area contributed by atoms with Crippen molar-refractivity contribution in [3.8, 4) is 0 Å². The van der Waals surface area contributed by atoms with Gasteiger partial charge < -0.3 is 25.6 Å². The molecule has 0 bridgehead atoms. The number of hydrogen-bond acceptors (Lipinski definition) is 5. The van der Waals surface area contributed by atoms with Gasteiger partial charge in [0.05, 0.1) is 16.6 Å². The molecule has 1 unspecified atom stereocenters. The Hall–Kier alpha value is -2.68. The first-order valence-corrected chi connectivity index (χ1v) is 10.3. The van der Waals surface area contributed by atoms with Gasteiger partial charge in [-0.1, -0.05) is 6.92 Å². The molecule has 2 aromatic rings. The Bertz CT molecular complexity index is 1080. The monoisotopic (exact) mass is 420 g/mol. The van der Waals surface area contributed by atoms with Crippen LogP contribution in [0.15, 0.2) is 11.0 Å². The van der Waals surface area contributed by atoms with Crippen molar-refractivity contribution >= 4 is 28.2 Å². The average molecular weight is 420 g/mol. The smallest absolute Gasteiger partial charge is 0.341 e. The highest BCUT2D eigenvalue weighted by Crippen LogP contribution is 2.42. The van der Waals surface area contributed by atoms with E-state index in [1.165, 1.54) is 4.57 Å². The van der Waals surface area contributed by atoms with Crippen LogP contribution in [0, 0.1) is 17.6 Å². The molecule has 30 heavy (non-hydrogen) atoms. The van der Waals surface area contributed by atoms with E-state index in [4.69, 9.17) is 5.73 Å². The Labute approximate surface area is 172 Å². The van der Waals surface area contributed by atoms with E-state index >= 15 is 8.78 Å². The molecule has 9 heteroatoms. The number of benzene rings is 1. The Morgan fingerprint density at radius 1 is 1.33 bits per heavy atom. The molecule has 2 aliphatic rings. The van der Waals surface area contributed by atoms with Gasteiger partial charge in [0.1, 0.15) is 11.3 Å². The second kappa shape index (κ2) is 7.54.